The van der Waals surface area contributed by atoms with Crippen LogP contribution in [0, 0.1) is 0 Å². The van der Waals surface area contributed by atoms with Crippen LogP contribution in [0.25, 0.3) is 0 Å². The molecule has 1 aromatic carbocycles. The molecule has 1 N–H and O–H groups in total. The van der Waals surface area contributed by atoms with Gasteiger partial charge in [0.15, 0.2) is 6.61 Å². The molecule has 1 heterocycles. The molecule has 100 valence electrons. The van der Waals surface area contributed by atoms with Crippen molar-refractivity contribution in [3.05, 3.63) is 42.1 Å². The molecule has 0 bridgehead atoms. The molecular formula is C13H14N2O4. The fourth-order valence-electron chi connectivity index (χ4n) is 1.54. The van der Waals surface area contributed by atoms with E-state index in [4.69, 9.17) is 14.3 Å². The van der Waals surface area contributed by atoms with Crippen LogP contribution in [0.15, 0.2) is 34.7 Å². The van der Waals surface area contributed by atoms with E-state index in [9.17, 15) is 4.79 Å². The summed E-state index contributed by atoms with van der Waals surface area (Å²) in [5.41, 5.74) is 0. The number of aromatic nitrogens is 2. The van der Waals surface area contributed by atoms with E-state index < -0.39 is 5.97 Å². The van der Waals surface area contributed by atoms with Gasteiger partial charge in [0, 0.05) is 5.92 Å². The normalized spacial score (nSPS) is 12.1. The van der Waals surface area contributed by atoms with Gasteiger partial charge in [-0.2, -0.15) is 0 Å². The summed E-state index contributed by atoms with van der Waals surface area (Å²) in [6, 6.07) is 9.27. The third-order valence-electron chi connectivity index (χ3n) is 2.49. The van der Waals surface area contributed by atoms with Gasteiger partial charge in [0.2, 0.25) is 5.89 Å². The van der Waals surface area contributed by atoms with Crippen LogP contribution in [-0.2, 0) is 11.4 Å². The maximum atomic E-state index is 10.6. The summed E-state index contributed by atoms with van der Waals surface area (Å²) in [6.07, 6.45) is -0.0405. The van der Waals surface area contributed by atoms with E-state index in [1.54, 1.807) is 6.92 Å². The second-order valence-corrected chi connectivity index (χ2v) is 4.13. The van der Waals surface area contributed by atoms with Gasteiger partial charge in [-0.05, 0) is 12.1 Å². The number of benzene rings is 1. The van der Waals surface area contributed by atoms with E-state index >= 15 is 0 Å². The van der Waals surface area contributed by atoms with E-state index in [0.29, 0.717) is 17.5 Å². The van der Waals surface area contributed by atoms with Gasteiger partial charge in [-0.15, -0.1) is 10.2 Å². The Morgan fingerprint density at radius 3 is 2.79 bits per heavy atom. The number of carboxylic acid groups (broad SMARTS) is 1. The lowest BCUT2D eigenvalue weighted by Gasteiger charge is -2.03. The molecule has 0 saturated carbocycles. The zero-order chi connectivity index (χ0) is 13.7. The number of hydrogen-bond donors (Lipinski definition) is 1. The van der Waals surface area contributed by atoms with E-state index in [1.165, 1.54) is 0 Å². The minimum absolute atomic E-state index is 0.0405. The van der Waals surface area contributed by atoms with Gasteiger partial charge in [0.05, 0.1) is 6.42 Å². The highest BCUT2D eigenvalue weighted by Crippen LogP contribution is 2.18. The molecule has 0 aliphatic heterocycles. The Bertz CT molecular complexity index is 539. The lowest BCUT2D eigenvalue weighted by atomic mass is 10.1. The van der Waals surface area contributed by atoms with Crippen molar-refractivity contribution in [1.82, 2.24) is 10.2 Å². The summed E-state index contributed by atoms with van der Waals surface area (Å²) < 4.78 is 10.8. The van der Waals surface area contributed by atoms with Crippen molar-refractivity contribution in [2.75, 3.05) is 0 Å². The average Bonchev–Trinajstić information content (AvgIpc) is 2.86. The third kappa shape index (κ3) is 3.80. The highest BCUT2D eigenvalue weighted by atomic mass is 16.5. The first kappa shape index (κ1) is 13.1. The lowest BCUT2D eigenvalue weighted by molar-refractivity contribution is -0.137. The smallest absolute Gasteiger partial charge is 0.304 e. The summed E-state index contributed by atoms with van der Waals surface area (Å²) in [6.45, 7) is 1.89. The van der Waals surface area contributed by atoms with Gasteiger partial charge < -0.3 is 14.3 Å². The molecule has 0 aliphatic rings. The van der Waals surface area contributed by atoms with Crippen LogP contribution < -0.4 is 4.74 Å². The summed E-state index contributed by atoms with van der Waals surface area (Å²) in [5.74, 6) is 0.147. The van der Waals surface area contributed by atoms with Gasteiger partial charge in [-0.1, -0.05) is 25.1 Å². The van der Waals surface area contributed by atoms with Crippen molar-refractivity contribution in [1.29, 1.82) is 0 Å². The van der Waals surface area contributed by atoms with Crippen molar-refractivity contribution in [2.45, 2.75) is 25.9 Å². The molecule has 0 amide bonds. The largest absolute Gasteiger partial charge is 0.484 e. The standard InChI is InChI=1S/C13H14N2O4/c1-9(7-12(16)17)13-15-14-11(19-13)8-18-10-5-3-2-4-6-10/h2-6,9H,7-8H2,1H3,(H,16,17). The Kier molecular flexibility index (Phi) is 4.12. The highest BCUT2D eigenvalue weighted by Gasteiger charge is 2.17. The van der Waals surface area contributed by atoms with Gasteiger partial charge in [0.1, 0.15) is 5.75 Å². The number of para-hydroxylation sites is 1. The number of aliphatic carboxylic acids is 1. The summed E-state index contributed by atoms with van der Waals surface area (Å²) >= 11 is 0. The van der Waals surface area contributed by atoms with Gasteiger partial charge in [-0.25, -0.2) is 0 Å². The molecule has 6 nitrogen and oxygen atoms in total. The highest BCUT2D eigenvalue weighted by molar-refractivity contribution is 5.67. The summed E-state index contributed by atoms with van der Waals surface area (Å²) in [4.78, 5) is 10.6. The molecule has 1 unspecified atom stereocenters. The quantitative estimate of drug-likeness (QED) is 0.859. The number of hydrogen-bond acceptors (Lipinski definition) is 5. The maximum Gasteiger partial charge on any atom is 0.304 e. The van der Waals surface area contributed by atoms with Gasteiger partial charge >= 0.3 is 5.97 Å². The third-order valence-corrected chi connectivity index (χ3v) is 2.49. The first-order chi connectivity index (χ1) is 9.15. The zero-order valence-electron chi connectivity index (χ0n) is 10.4. The summed E-state index contributed by atoms with van der Waals surface area (Å²) in [5, 5.41) is 16.3. The minimum atomic E-state index is -0.896. The fraction of sp³-hybridized carbons (Fsp3) is 0.308. The van der Waals surface area contributed by atoms with Crippen LogP contribution in [0.2, 0.25) is 0 Å². The van der Waals surface area contributed by atoms with Gasteiger partial charge in [0.25, 0.3) is 5.89 Å². The Hall–Kier alpha value is -2.37. The molecular weight excluding hydrogens is 248 g/mol. The topological polar surface area (TPSA) is 85.5 Å². The Morgan fingerprint density at radius 2 is 2.11 bits per heavy atom. The second-order valence-electron chi connectivity index (χ2n) is 4.13. The molecule has 0 spiro atoms. The first-order valence-electron chi connectivity index (χ1n) is 5.87. The Morgan fingerprint density at radius 1 is 1.37 bits per heavy atom. The predicted octanol–water partition coefficient (Wildman–Crippen LogP) is 2.23. The lowest BCUT2D eigenvalue weighted by Crippen LogP contribution is -2.03. The van der Waals surface area contributed by atoms with Crippen molar-refractivity contribution >= 4 is 5.97 Å². The molecule has 0 saturated heterocycles. The molecule has 19 heavy (non-hydrogen) atoms. The van der Waals surface area contributed by atoms with Crippen LogP contribution in [0.1, 0.15) is 31.0 Å². The van der Waals surface area contributed by atoms with Crippen LogP contribution >= 0.6 is 0 Å². The monoisotopic (exact) mass is 262 g/mol. The number of carbonyl (C=O) groups is 1. The second kappa shape index (κ2) is 5.99. The molecule has 0 aliphatic carbocycles. The maximum absolute atomic E-state index is 10.6. The average molecular weight is 262 g/mol. The van der Waals surface area contributed by atoms with E-state index in [2.05, 4.69) is 10.2 Å². The molecule has 0 radical (unpaired) electrons. The number of carboxylic acids is 1. The SMILES string of the molecule is CC(CC(=O)O)c1nnc(COc2ccccc2)o1. The molecule has 2 aromatic rings. The number of ether oxygens (including phenoxy) is 1. The molecule has 1 atom stereocenters. The van der Waals surface area contributed by atoms with Crippen molar-refractivity contribution in [3.8, 4) is 5.75 Å². The van der Waals surface area contributed by atoms with E-state index in [1.807, 2.05) is 30.3 Å². The molecule has 2 rings (SSSR count). The van der Waals surface area contributed by atoms with E-state index in [-0.39, 0.29) is 18.9 Å². The Labute approximate surface area is 110 Å². The van der Waals surface area contributed by atoms with Gasteiger partial charge in [-0.3, -0.25) is 4.79 Å². The van der Waals surface area contributed by atoms with Crippen molar-refractivity contribution in [2.24, 2.45) is 0 Å². The predicted molar refractivity (Wildman–Crippen MR) is 65.7 cm³/mol. The molecule has 6 heteroatoms. The Balaban J connectivity index is 1.92. The van der Waals surface area contributed by atoms with Crippen LogP contribution in [-0.4, -0.2) is 21.3 Å². The van der Waals surface area contributed by atoms with Crippen LogP contribution in [0.3, 0.4) is 0 Å². The van der Waals surface area contributed by atoms with Crippen molar-refractivity contribution in [3.63, 3.8) is 0 Å². The fourth-order valence-corrected chi connectivity index (χ4v) is 1.54. The molecule has 1 aromatic heterocycles. The molecule has 0 fully saturated rings. The minimum Gasteiger partial charge on any atom is -0.484 e. The van der Waals surface area contributed by atoms with Crippen LogP contribution in [0.4, 0.5) is 0 Å². The van der Waals surface area contributed by atoms with Crippen molar-refractivity contribution < 1.29 is 19.1 Å². The zero-order valence-corrected chi connectivity index (χ0v) is 10.4. The van der Waals surface area contributed by atoms with E-state index in [0.717, 1.165) is 0 Å². The summed E-state index contributed by atoms with van der Waals surface area (Å²) in [7, 11) is 0. The first-order valence-corrected chi connectivity index (χ1v) is 5.87. The van der Waals surface area contributed by atoms with Crippen LogP contribution in [0.5, 0.6) is 5.75 Å². The number of rotatable bonds is 6. The number of nitrogens with zero attached hydrogens (tertiary/aromatic N) is 2.